The van der Waals surface area contributed by atoms with E-state index in [1.165, 1.54) is 24.0 Å². The minimum Gasteiger partial charge on any atom is -0.410 e. The number of benzene rings is 3. The zero-order valence-corrected chi connectivity index (χ0v) is 20.3. The van der Waals surface area contributed by atoms with E-state index >= 15 is 0 Å². The van der Waals surface area contributed by atoms with Crippen molar-refractivity contribution in [1.29, 1.82) is 0 Å². The summed E-state index contributed by atoms with van der Waals surface area (Å²) in [6.45, 7) is 0.735. The Morgan fingerprint density at radius 3 is 2.33 bits per heavy atom. The lowest BCUT2D eigenvalue weighted by Crippen LogP contribution is -2.62. The fourth-order valence-corrected chi connectivity index (χ4v) is 6.79. The highest BCUT2D eigenvalue weighted by Gasteiger charge is 2.54. The molecule has 6 nitrogen and oxygen atoms in total. The summed E-state index contributed by atoms with van der Waals surface area (Å²) in [4.78, 5) is 27.9. The molecule has 2 aliphatic carbocycles. The highest BCUT2D eigenvalue weighted by molar-refractivity contribution is 5.90. The van der Waals surface area contributed by atoms with Gasteiger partial charge in [0.1, 0.15) is 5.75 Å². The molecule has 36 heavy (non-hydrogen) atoms. The zero-order chi connectivity index (χ0) is 24.5. The molecule has 1 saturated carbocycles. The van der Waals surface area contributed by atoms with Gasteiger partial charge in [0.05, 0.1) is 0 Å². The lowest BCUT2D eigenvalue weighted by atomic mass is 9.52. The minimum absolute atomic E-state index is 0.00800. The highest BCUT2D eigenvalue weighted by Crippen LogP contribution is 2.56. The van der Waals surface area contributed by atoms with E-state index in [-0.39, 0.29) is 17.5 Å². The number of rotatable bonds is 3. The van der Waals surface area contributed by atoms with Crippen LogP contribution in [0.3, 0.4) is 0 Å². The van der Waals surface area contributed by atoms with Gasteiger partial charge in [-0.05, 0) is 79.1 Å². The molecule has 0 spiro atoms. The molecule has 3 aliphatic rings. The Hall–Kier alpha value is -3.80. The number of carbonyl (C=O) groups is 2. The van der Waals surface area contributed by atoms with Crippen LogP contribution in [0.2, 0.25) is 0 Å². The zero-order valence-electron chi connectivity index (χ0n) is 20.3. The number of hydrogen-bond donors (Lipinski definition) is 2. The summed E-state index contributed by atoms with van der Waals surface area (Å²) in [5.41, 5.74) is 4.16. The number of anilines is 2. The van der Waals surface area contributed by atoms with E-state index in [1.807, 2.05) is 66.7 Å². The summed E-state index contributed by atoms with van der Waals surface area (Å²) in [5.74, 6) is 0.992. The molecule has 1 heterocycles. The molecule has 3 unspecified atom stereocenters. The minimum atomic E-state index is -0.486. The number of carbonyl (C=O) groups excluding carboxylic acids is 2. The van der Waals surface area contributed by atoms with Crippen LogP contribution in [0.15, 0.2) is 78.9 Å². The Morgan fingerprint density at radius 2 is 1.58 bits per heavy atom. The van der Waals surface area contributed by atoms with Crippen molar-refractivity contribution in [2.45, 2.75) is 50.0 Å². The Kier molecular flexibility index (Phi) is 5.88. The van der Waals surface area contributed by atoms with Crippen LogP contribution in [-0.4, -0.2) is 29.6 Å². The standard InChI is InChI=1S/C30H31N3O3/c34-28(31-22-9-3-1-4-10-22)33-18-17-30-16-8-7-13-25(30)27(33)19-21-14-15-24(20-26(21)30)36-29(35)32-23-11-5-2-6-12-23/h1-6,9-12,14-15,20,25,27H,7-8,13,16-19H2,(H,31,34)(H,32,35). The normalized spacial score (nSPS) is 24.2. The van der Waals surface area contributed by atoms with Gasteiger partial charge in [-0.3, -0.25) is 5.32 Å². The average Bonchev–Trinajstić information content (AvgIpc) is 2.90. The van der Waals surface area contributed by atoms with Gasteiger partial charge in [0.25, 0.3) is 0 Å². The first-order chi connectivity index (χ1) is 17.6. The van der Waals surface area contributed by atoms with Gasteiger partial charge in [0, 0.05) is 29.4 Å². The van der Waals surface area contributed by atoms with Crippen LogP contribution in [-0.2, 0) is 11.8 Å². The number of para-hydroxylation sites is 2. The number of ether oxygens (including phenoxy) is 1. The maximum atomic E-state index is 13.3. The molecular formula is C30H31N3O3. The van der Waals surface area contributed by atoms with Gasteiger partial charge < -0.3 is 15.0 Å². The van der Waals surface area contributed by atoms with Crippen molar-refractivity contribution in [2.75, 3.05) is 17.2 Å². The third kappa shape index (κ3) is 4.11. The van der Waals surface area contributed by atoms with Crippen molar-refractivity contribution in [1.82, 2.24) is 4.90 Å². The van der Waals surface area contributed by atoms with Crippen LogP contribution in [0.5, 0.6) is 5.75 Å². The smallest absolute Gasteiger partial charge is 0.410 e. The number of nitrogens with zero attached hydrogens (tertiary/aromatic N) is 1. The SMILES string of the molecule is O=C(Nc1ccccc1)Oc1ccc2c(c1)C13CCCCC1C(C2)N(C(=O)Nc1ccccc1)CC3. The van der Waals surface area contributed by atoms with E-state index in [0.29, 0.717) is 17.4 Å². The molecule has 2 N–H and O–H groups in total. The molecule has 184 valence electrons. The van der Waals surface area contributed by atoms with Gasteiger partial charge in [0.15, 0.2) is 0 Å². The van der Waals surface area contributed by atoms with Gasteiger partial charge >= 0.3 is 12.1 Å². The average molecular weight is 482 g/mol. The number of nitrogens with one attached hydrogen (secondary N) is 2. The van der Waals surface area contributed by atoms with E-state index < -0.39 is 6.09 Å². The predicted molar refractivity (Wildman–Crippen MR) is 140 cm³/mol. The second-order valence-corrected chi connectivity index (χ2v) is 10.2. The quantitative estimate of drug-likeness (QED) is 0.443. The molecule has 3 aromatic carbocycles. The van der Waals surface area contributed by atoms with Crippen LogP contribution in [0, 0.1) is 5.92 Å². The number of urea groups is 1. The first kappa shape index (κ1) is 22.7. The largest absolute Gasteiger partial charge is 0.417 e. The predicted octanol–water partition coefficient (Wildman–Crippen LogP) is 6.59. The molecular weight excluding hydrogens is 450 g/mol. The van der Waals surface area contributed by atoms with Gasteiger partial charge in [0.2, 0.25) is 0 Å². The van der Waals surface area contributed by atoms with E-state index in [0.717, 1.165) is 37.9 Å². The van der Waals surface area contributed by atoms with Gasteiger partial charge in [-0.2, -0.15) is 0 Å². The molecule has 0 radical (unpaired) electrons. The van der Waals surface area contributed by atoms with Crippen molar-refractivity contribution in [2.24, 2.45) is 5.92 Å². The summed E-state index contributed by atoms with van der Waals surface area (Å²) >= 11 is 0. The highest BCUT2D eigenvalue weighted by atomic mass is 16.6. The molecule has 1 saturated heterocycles. The molecule has 3 atom stereocenters. The summed E-state index contributed by atoms with van der Waals surface area (Å²) in [6.07, 6.45) is 5.91. The van der Waals surface area contributed by atoms with Crippen LogP contribution < -0.4 is 15.4 Å². The fourth-order valence-electron chi connectivity index (χ4n) is 6.79. The molecule has 1 aliphatic heterocycles. The number of amides is 3. The number of piperidine rings is 1. The van der Waals surface area contributed by atoms with E-state index in [2.05, 4.69) is 27.7 Å². The van der Waals surface area contributed by atoms with Crippen molar-refractivity contribution >= 4 is 23.5 Å². The maximum Gasteiger partial charge on any atom is 0.417 e. The van der Waals surface area contributed by atoms with Crippen LogP contribution >= 0.6 is 0 Å². The third-order valence-corrected chi connectivity index (χ3v) is 8.32. The van der Waals surface area contributed by atoms with Crippen molar-refractivity contribution in [3.05, 3.63) is 90.0 Å². The second kappa shape index (κ2) is 9.34. The lowest BCUT2D eigenvalue weighted by Gasteiger charge is -2.58. The Morgan fingerprint density at radius 1 is 0.861 bits per heavy atom. The van der Waals surface area contributed by atoms with E-state index in [4.69, 9.17) is 4.74 Å². The summed E-state index contributed by atoms with van der Waals surface area (Å²) in [7, 11) is 0. The molecule has 3 amide bonds. The number of fused-ring (bicyclic) bond motifs is 1. The summed E-state index contributed by atoms with van der Waals surface area (Å²) in [6, 6.07) is 25.3. The second-order valence-electron chi connectivity index (χ2n) is 10.2. The van der Waals surface area contributed by atoms with Crippen molar-refractivity contribution in [3.63, 3.8) is 0 Å². The Labute approximate surface area is 211 Å². The maximum absolute atomic E-state index is 13.3. The van der Waals surface area contributed by atoms with Gasteiger partial charge in [-0.1, -0.05) is 55.3 Å². The van der Waals surface area contributed by atoms with Crippen molar-refractivity contribution < 1.29 is 14.3 Å². The molecule has 0 aromatic heterocycles. The molecule has 2 fully saturated rings. The number of likely N-dealkylation sites (tertiary alicyclic amines) is 1. The summed E-state index contributed by atoms with van der Waals surface area (Å²) in [5, 5.41) is 5.90. The van der Waals surface area contributed by atoms with Gasteiger partial charge in [-0.15, -0.1) is 0 Å². The van der Waals surface area contributed by atoms with Crippen molar-refractivity contribution in [3.8, 4) is 5.75 Å². The molecule has 6 heteroatoms. The summed E-state index contributed by atoms with van der Waals surface area (Å²) < 4.78 is 5.70. The Bertz CT molecular complexity index is 1260. The van der Waals surface area contributed by atoms with Crippen LogP contribution in [0.1, 0.15) is 43.2 Å². The third-order valence-electron chi connectivity index (χ3n) is 8.32. The van der Waals surface area contributed by atoms with Crippen LogP contribution in [0.4, 0.5) is 21.0 Å². The molecule has 6 rings (SSSR count). The number of hydrogen-bond acceptors (Lipinski definition) is 3. The van der Waals surface area contributed by atoms with E-state index in [9.17, 15) is 9.59 Å². The monoisotopic (exact) mass is 481 g/mol. The van der Waals surface area contributed by atoms with E-state index in [1.54, 1.807) is 0 Å². The first-order valence-corrected chi connectivity index (χ1v) is 12.9. The molecule has 3 aromatic rings. The topological polar surface area (TPSA) is 70.7 Å². The lowest BCUT2D eigenvalue weighted by molar-refractivity contribution is 0.0132. The first-order valence-electron chi connectivity index (χ1n) is 12.9. The molecule has 2 bridgehead atoms. The Balaban J connectivity index is 1.25. The van der Waals surface area contributed by atoms with Gasteiger partial charge in [-0.25, -0.2) is 9.59 Å². The fraction of sp³-hybridized carbons (Fsp3) is 0.333. The van der Waals surface area contributed by atoms with Crippen LogP contribution in [0.25, 0.3) is 0 Å².